The summed E-state index contributed by atoms with van der Waals surface area (Å²) in [6, 6.07) is 10.4. The summed E-state index contributed by atoms with van der Waals surface area (Å²) in [5.41, 5.74) is 1.83. The molecule has 2 aromatic carbocycles. The molecule has 2 atom stereocenters. The molecule has 4 aromatic rings. The minimum Gasteiger partial charge on any atom is -0.478 e. The van der Waals surface area contributed by atoms with Crippen LogP contribution in [0, 0.1) is 17.8 Å². The van der Waals surface area contributed by atoms with Gasteiger partial charge in [0.05, 0.1) is 38.0 Å². The standard InChI is InChI=1S/C31H28Cl2N2O5S/c32-21-2-1-3-22(33)25(21)26-20(27(40-35-26)16-4-5-16)14-39-30-11-15-8-18(12-30)31(38,19(9-15)13-30)29-34-23-7-6-17(28(36)37)10-24(23)41-29/h1-3,6-7,10,15-16,18-19,38H,4-5,8-9,11-14H2,(H,36,37). The third-order valence-electron chi connectivity index (χ3n) is 9.84. The summed E-state index contributed by atoms with van der Waals surface area (Å²) in [6.45, 7) is 0.357. The van der Waals surface area contributed by atoms with Crippen LogP contribution in [0.2, 0.25) is 10.0 Å². The number of aliphatic hydroxyl groups is 1. The smallest absolute Gasteiger partial charge is 0.335 e. The summed E-state index contributed by atoms with van der Waals surface area (Å²) >= 11 is 14.6. The molecule has 9 rings (SSSR count). The Morgan fingerprint density at radius 1 is 1.10 bits per heavy atom. The molecule has 5 fully saturated rings. The number of carbonyl (C=O) groups is 1. The second kappa shape index (κ2) is 9.25. The number of aromatic carboxylic acids is 1. The Morgan fingerprint density at radius 2 is 1.83 bits per heavy atom. The second-order valence-electron chi connectivity index (χ2n) is 12.4. The van der Waals surface area contributed by atoms with E-state index in [1.165, 1.54) is 11.3 Å². The highest BCUT2D eigenvalue weighted by molar-refractivity contribution is 7.18. The van der Waals surface area contributed by atoms with Crippen molar-refractivity contribution in [2.24, 2.45) is 17.8 Å². The van der Waals surface area contributed by atoms with Crippen LogP contribution in [0.25, 0.3) is 21.5 Å². The first kappa shape index (κ1) is 26.2. The molecule has 5 aliphatic carbocycles. The van der Waals surface area contributed by atoms with Crippen molar-refractivity contribution in [2.45, 2.75) is 68.7 Å². The Morgan fingerprint density at radius 3 is 2.51 bits per heavy atom. The first-order valence-electron chi connectivity index (χ1n) is 14.2. The number of aromatic nitrogens is 2. The van der Waals surface area contributed by atoms with Gasteiger partial charge in [0, 0.05) is 17.0 Å². The molecule has 2 aromatic heterocycles. The van der Waals surface area contributed by atoms with E-state index >= 15 is 0 Å². The molecule has 5 aliphatic rings. The number of thiazole rings is 1. The van der Waals surface area contributed by atoms with Gasteiger partial charge in [0.2, 0.25) is 0 Å². The zero-order chi connectivity index (χ0) is 28.1. The van der Waals surface area contributed by atoms with Crippen LogP contribution >= 0.6 is 34.5 Å². The van der Waals surface area contributed by atoms with E-state index in [0.29, 0.717) is 44.8 Å². The average molecular weight is 612 g/mol. The van der Waals surface area contributed by atoms with Crippen LogP contribution in [-0.4, -0.2) is 31.9 Å². The third kappa shape index (κ3) is 4.09. The molecule has 10 heteroatoms. The predicted molar refractivity (Wildman–Crippen MR) is 155 cm³/mol. The largest absolute Gasteiger partial charge is 0.478 e. The number of carboxylic acids is 1. The highest BCUT2D eigenvalue weighted by Gasteiger charge is 2.64. The maximum absolute atomic E-state index is 12.3. The minimum atomic E-state index is -1.04. The highest BCUT2D eigenvalue weighted by Crippen LogP contribution is 2.65. The molecule has 212 valence electrons. The molecule has 0 spiro atoms. The monoisotopic (exact) mass is 610 g/mol. The van der Waals surface area contributed by atoms with E-state index in [0.717, 1.165) is 66.5 Å². The van der Waals surface area contributed by atoms with Gasteiger partial charge < -0.3 is 19.5 Å². The summed E-state index contributed by atoms with van der Waals surface area (Å²) in [5, 5.41) is 27.9. The van der Waals surface area contributed by atoms with Crippen molar-refractivity contribution in [1.82, 2.24) is 10.1 Å². The van der Waals surface area contributed by atoms with Crippen LogP contribution in [0.3, 0.4) is 0 Å². The van der Waals surface area contributed by atoms with Crippen LogP contribution in [0.4, 0.5) is 0 Å². The van der Waals surface area contributed by atoms with Crippen molar-refractivity contribution in [3.05, 3.63) is 68.3 Å². The third-order valence-corrected chi connectivity index (χ3v) is 11.6. The van der Waals surface area contributed by atoms with E-state index in [-0.39, 0.29) is 23.0 Å². The molecule has 7 nitrogen and oxygen atoms in total. The zero-order valence-corrected chi connectivity index (χ0v) is 24.4. The van der Waals surface area contributed by atoms with Gasteiger partial charge in [-0.15, -0.1) is 11.3 Å². The van der Waals surface area contributed by atoms with Gasteiger partial charge >= 0.3 is 5.97 Å². The summed E-state index contributed by atoms with van der Waals surface area (Å²) < 4.78 is 13.6. The first-order chi connectivity index (χ1) is 19.7. The quantitative estimate of drug-likeness (QED) is 0.220. The zero-order valence-electron chi connectivity index (χ0n) is 22.1. The molecule has 41 heavy (non-hydrogen) atoms. The maximum Gasteiger partial charge on any atom is 0.335 e. The fourth-order valence-corrected chi connectivity index (χ4v) is 9.77. The maximum atomic E-state index is 12.3. The molecule has 5 saturated carbocycles. The molecule has 2 heterocycles. The van der Waals surface area contributed by atoms with Gasteiger partial charge in [-0.3, -0.25) is 0 Å². The Balaban J connectivity index is 1.10. The number of benzene rings is 2. The number of hydrogen-bond acceptors (Lipinski definition) is 7. The number of halogens is 2. The van der Waals surface area contributed by atoms with Crippen molar-refractivity contribution in [2.75, 3.05) is 0 Å². The van der Waals surface area contributed by atoms with Crippen molar-refractivity contribution in [3.63, 3.8) is 0 Å². The van der Waals surface area contributed by atoms with Crippen molar-refractivity contribution in [3.8, 4) is 11.3 Å². The molecular weight excluding hydrogens is 583 g/mol. The Bertz CT molecular complexity index is 1680. The Hall–Kier alpha value is -2.49. The molecule has 2 unspecified atom stereocenters. The second-order valence-corrected chi connectivity index (χ2v) is 14.2. The number of carboxylic acid groups (broad SMARTS) is 1. The lowest BCUT2D eigenvalue weighted by atomic mass is 9.48. The van der Waals surface area contributed by atoms with Crippen LogP contribution in [0.1, 0.15) is 77.6 Å². The van der Waals surface area contributed by atoms with Gasteiger partial charge in [-0.1, -0.05) is 34.4 Å². The number of rotatable bonds is 7. The molecule has 0 aliphatic heterocycles. The molecule has 4 bridgehead atoms. The van der Waals surface area contributed by atoms with Crippen LogP contribution in [-0.2, 0) is 16.9 Å². The highest BCUT2D eigenvalue weighted by atomic mass is 35.5. The summed E-state index contributed by atoms with van der Waals surface area (Å²) in [6.07, 6.45) is 6.49. The molecule has 0 radical (unpaired) electrons. The summed E-state index contributed by atoms with van der Waals surface area (Å²) in [7, 11) is 0. The van der Waals surface area contributed by atoms with Gasteiger partial charge in [0.15, 0.2) is 0 Å². The van der Waals surface area contributed by atoms with Gasteiger partial charge in [-0.25, -0.2) is 9.78 Å². The first-order valence-corrected chi connectivity index (χ1v) is 15.7. The van der Waals surface area contributed by atoms with Crippen molar-refractivity contribution >= 4 is 50.7 Å². The Kier molecular flexibility index (Phi) is 5.90. The van der Waals surface area contributed by atoms with Crippen LogP contribution < -0.4 is 0 Å². The van der Waals surface area contributed by atoms with Crippen molar-refractivity contribution in [1.29, 1.82) is 0 Å². The van der Waals surface area contributed by atoms with Crippen LogP contribution in [0.15, 0.2) is 40.9 Å². The Labute approximate surface area is 250 Å². The molecular formula is C31H28Cl2N2O5S. The van der Waals surface area contributed by atoms with E-state index in [2.05, 4.69) is 5.16 Å². The lowest BCUT2D eigenvalue weighted by Crippen LogP contribution is -2.62. The molecule has 0 saturated heterocycles. The summed E-state index contributed by atoms with van der Waals surface area (Å²) in [5.74, 6) is 0.786. The van der Waals surface area contributed by atoms with E-state index in [1.807, 2.05) is 18.2 Å². The van der Waals surface area contributed by atoms with Crippen molar-refractivity contribution < 1.29 is 24.3 Å². The number of fused-ring (bicyclic) bond motifs is 1. The number of nitrogens with zero attached hydrogens (tertiary/aromatic N) is 2. The minimum absolute atomic E-state index is 0.0242. The molecule has 2 N–H and O–H groups in total. The van der Waals surface area contributed by atoms with E-state index in [1.54, 1.807) is 18.2 Å². The normalized spacial score (nSPS) is 30.4. The van der Waals surface area contributed by atoms with E-state index < -0.39 is 11.6 Å². The predicted octanol–water partition coefficient (Wildman–Crippen LogP) is 7.82. The van der Waals surface area contributed by atoms with E-state index in [9.17, 15) is 15.0 Å². The van der Waals surface area contributed by atoms with Gasteiger partial charge in [-0.05, 0) is 93.0 Å². The lowest BCUT2D eigenvalue weighted by Gasteiger charge is -2.62. The topological polar surface area (TPSA) is 106 Å². The fourth-order valence-electron chi connectivity index (χ4n) is 7.94. The van der Waals surface area contributed by atoms with Crippen LogP contribution in [0.5, 0.6) is 0 Å². The van der Waals surface area contributed by atoms with Gasteiger partial charge in [0.1, 0.15) is 22.1 Å². The summed E-state index contributed by atoms with van der Waals surface area (Å²) in [4.78, 5) is 16.3. The fraction of sp³-hybridized carbons (Fsp3) is 0.452. The molecule has 0 amide bonds. The SMILES string of the molecule is O=C(O)c1ccc2nc(C3(O)C4CC5CC3CC(OCc3c(-c6c(Cl)cccc6Cl)noc3C3CC3)(C5)C4)sc2c1. The number of ether oxygens (including phenoxy) is 1. The number of hydrogen-bond donors (Lipinski definition) is 2. The lowest BCUT2D eigenvalue weighted by molar-refractivity contribution is -0.250. The van der Waals surface area contributed by atoms with Gasteiger partial charge in [-0.2, -0.15) is 0 Å². The van der Waals surface area contributed by atoms with E-state index in [4.69, 9.17) is 37.4 Å². The average Bonchev–Trinajstić information content (AvgIpc) is 3.55. The van der Waals surface area contributed by atoms with Gasteiger partial charge in [0.25, 0.3) is 0 Å².